The second-order valence-electron chi connectivity index (χ2n) is 9.04. The van der Waals surface area contributed by atoms with Gasteiger partial charge in [0.25, 0.3) is 0 Å². The SMILES string of the molecule is CCCCCCCCCCc1ccc(-c2ccc(OCC3CC[CH]CC3)c(Br)c2)nc1. The number of aryl methyl sites for hydroxylation is 1. The van der Waals surface area contributed by atoms with Crippen molar-refractivity contribution in [3.63, 3.8) is 0 Å². The molecule has 1 aromatic heterocycles. The second kappa shape index (κ2) is 13.9. The van der Waals surface area contributed by atoms with E-state index in [0.717, 1.165) is 34.5 Å². The van der Waals surface area contributed by atoms with E-state index in [4.69, 9.17) is 9.72 Å². The molecule has 2 nitrogen and oxygen atoms in total. The number of pyridine rings is 1. The summed E-state index contributed by atoms with van der Waals surface area (Å²) in [5.41, 5.74) is 3.50. The van der Waals surface area contributed by atoms with E-state index in [1.807, 2.05) is 0 Å². The summed E-state index contributed by atoms with van der Waals surface area (Å²) in [4.78, 5) is 4.72. The summed E-state index contributed by atoms with van der Waals surface area (Å²) in [7, 11) is 0. The fraction of sp³-hybridized carbons (Fsp3) is 0.571. The Kier molecular flexibility index (Phi) is 10.9. The summed E-state index contributed by atoms with van der Waals surface area (Å²) in [5, 5.41) is 0. The van der Waals surface area contributed by atoms with Crippen LogP contribution in [0.25, 0.3) is 11.3 Å². The lowest BCUT2D eigenvalue weighted by atomic mass is 9.90. The molecule has 0 spiro atoms. The van der Waals surface area contributed by atoms with Crippen LogP contribution < -0.4 is 4.74 Å². The molecule has 0 N–H and O–H groups in total. The van der Waals surface area contributed by atoms with Gasteiger partial charge >= 0.3 is 0 Å². The summed E-state index contributed by atoms with van der Waals surface area (Å²) < 4.78 is 7.11. The molecule has 1 saturated carbocycles. The fourth-order valence-corrected chi connectivity index (χ4v) is 4.85. The minimum absolute atomic E-state index is 0.687. The monoisotopic (exact) mass is 484 g/mol. The molecule has 2 aromatic rings. The Morgan fingerprint density at radius 3 is 2.35 bits per heavy atom. The number of halogens is 1. The van der Waals surface area contributed by atoms with Gasteiger partial charge in [-0.3, -0.25) is 4.98 Å². The molecule has 31 heavy (non-hydrogen) atoms. The molecule has 169 valence electrons. The Morgan fingerprint density at radius 1 is 0.935 bits per heavy atom. The van der Waals surface area contributed by atoms with E-state index in [-0.39, 0.29) is 0 Å². The molecule has 0 aliphatic heterocycles. The minimum Gasteiger partial charge on any atom is -0.492 e. The first kappa shape index (κ1) is 24.3. The van der Waals surface area contributed by atoms with Crippen LogP contribution in [-0.4, -0.2) is 11.6 Å². The summed E-state index contributed by atoms with van der Waals surface area (Å²) in [5.74, 6) is 1.62. The van der Waals surface area contributed by atoms with E-state index in [2.05, 4.69) is 65.8 Å². The highest BCUT2D eigenvalue weighted by Crippen LogP contribution is 2.32. The van der Waals surface area contributed by atoms with E-state index in [1.165, 1.54) is 82.6 Å². The van der Waals surface area contributed by atoms with Gasteiger partial charge in [0, 0.05) is 11.8 Å². The van der Waals surface area contributed by atoms with Crippen LogP contribution in [0.4, 0.5) is 0 Å². The third kappa shape index (κ3) is 8.60. The zero-order chi connectivity index (χ0) is 21.7. The number of benzene rings is 1. The Hall–Kier alpha value is -1.35. The zero-order valence-corrected chi connectivity index (χ0v) is 20.8. The van der Waals surface area contributed by atoms with Gasteiger partial charge in [0.2, 0.25) is 0 Å². The summed E-state index contributed by atoms with van der Waals surface area (Å²) in [6.07, 6.45) is 21.5. The van der Waals surface area contributed by atoms with Gasteiger partial charge in [-0.15, -0.1) is 0 Å². The summed E-state index contributed by atoms with van der Waals surface area (Å²) in [6.45, 7) is 3.09. The first-order valence-electron chi connectivity index (χ1n) is 12.5. The molecule has 1 heterocycles. The number of aromatic nitrogens is 1. The molecule has 0 atom stereocenters. The third-order valence-electron chi connectivity index (χ3n) is 6.40. The number of unbranched alkanes of at least 4 members (excludes halogenated alkanes) is 7. The molecule has 3 heteroatoms. The molecule has 1 fully saturated rings. The van der Waals surface area contributed by atoms with Crippen LogP contribution in [-0.2, 0) is 6.42 Å². The minimum atomic E-state index is 0.687. The standard InChI is InChI=1S/C28H39BrNO/c1-2-3-4-5-6-7-8-10-13-23-16-18-27(30-21-23)25-17-19-28(26(29)20-25)31-22-24-14-11-9-12-15-24/h9,16-21,24H,2-8,10-15,22H2,1H3. The van der Waals surface area contributed by atoms with Gasteiger partial charge < -0.3 is 4.74 Å². The molecule has 0 bridgehead atoms. The average Bonchev–Trinajstić information content (AvgIpc) is 2.81. The molecule has 1 aliphatic rings. The molecule has 0 unspecified atom stereocenters. The summed E-state index contributed by atoms with van der Waals surface area (Å²) >= 11 is 3.69. The molecule has 0 saturated heterocycles. The first-order chi connectivity index (χ1) is 15.3. The van der Waals surface area contributed by atoms with Crippen LogP contribution in [0.2, 0.25) is 0 Å². The quantitative estimate of drug-likeness (QED) is 0.264. The molecule has 1 aromatic carbocycles. The molecular formula is C28H39BrNO. The van der Waals surface area contributed by atoms with Crippen molar-refractivity contribution in [3.05, 3.63) is 53.0 Å². The van der Waals surface area contributed by atoms with Gasteiger partial charge in [0.15, 0.2) is 0 Å². The van der Waals surface area contributed by atoms with Crippen molar-refractivity contribution in [2.24, 2.45) is 5.92 Å². The largest absolute Gasteiger partial charge is 0.492 e. The Bertz CT molecular complexity index is 752. The van der Waals surface area contributed by atoms with Crippen LogP contribution in [0.5, 0.6) is 5.75 Å². The van der Waals surface area contributed by atoms with Crippen LogP contribution in [0.3, 0.4) is 0 Å². The van der Waals surface area contributed by atoms with Crippen molar-refractivity contribution >= 4 is 15.9 Å². The van der Waals surface area contributed by atoms with Gasteiger partial charge in [-0.05, 0) is 96.6 Å². The van der Waals surface area contributed by atoms with Crippen LogP contribution in [0.1, 0.15) is 89.5 Å². The highest BCUT2D eigenvalue weighted by atomic mass is 79.9. The third-order valence-corrected chi connectivity index (χ3v) is 7.02. The predicted molar refractivity (Wildman–Crippen MR) is 135 cm³/mol. The maximum absolute atomic E-state index is 6.10. The molecule has 3 rings (SSSR count). The lowest BCUT2D eigenvalue weighted by Gasteiger charge is -2.22. The van der Waals surface area contributed by atoms with Gasteiger partial charge in [-0.2, -0.15) is 0 Å². The molecule has 1 radical (unpaired) electrons. The van der Waals surface area contributed by atoms with Crippen molar-refractivity contribution in [1.82, 2.24) is 4.98 Å². The number of ether oxygens (including phenoxy) is 1. The zero-order valence-electron chi connectivity index (χ0n) is 19.3. The van der Waals surface area contributed by atoms with Crippen molar-refractivity contribution in [2.75, 3.05) is 6.61 Å². The van der Waals surface area contributed by atoms with E-state index in [9.17, 15) is 0 Å². The first-order valence-corrected chi connectivity index (χ1v) is 13.2. The number of hydrogen-bond acceptors (Lipinski definition) is 2. The molecular weight excluding hydrogens is 446 g/mol. The smallest absolute Gasteiger partial charge is 0.133 e. The normalized spacial score (nSPS) is 14.6. The lowest BCUT2D eigenvalue weighted by Crippen LogP contribution is -2.15. The van der Waals surface area contributed by atoms with E-state index in [0.29, 0.717) is 5.92 Å². The van der Waals surface area contributed by atoms with Gasteiger partial charge in [-0.1, -0.05) is 57.9 Å². The maximum atomic E-state index is 6.10. The van der Waals surface area contributed by atoms with Crippen LogP contribution >= 0.6 is 15.9 Å². The van der Waals surface area contributed by atoms with Crippen molar-refractivity contribution in [1.29, 1.82) is 0 Å². The maximum Gasteiger partial charge on any atom is 0.133 e. The van der Waals surface area contributed by atoms with Crippen molar-refractivity contribution in [3.8, 4) is 17.0 Å². The lowest BCUT2D eigenvalue weighted by molar-refractivity contribution is 0.220. The average molecular weight is 486 g/mol. The topological polar surface area (TPSA) is 22.1 Å². The fourth-order valence-electron chi connectivity index (χ4n) is 4.35. The Balaban J connectivity index is 1.42. The number of hydrogen-bond donors (Lipinski definition) is 0. The summed E-state index contributed by atoms with van der Waals surface area (Å²) in [6, 6.07) is 10.7. The van der Waals surface area contributed by atoms with Crippen molar-refractivity contribution in [2.45, 2.75) is 90.4 Å². The number of nitrogens with zero attached hydrogens (tertiary/aromatic N) is 1. The Morgan fingerprint density at radius 2 is 1.68 bits per heavy atom. The highest BCUT2D eigenvalue weighted by molar-refractivity contribution is 9.10. The second-order valence-corrected chi connectivity index (χ2v) is 9.90. The van der Waals surface area contributed by atoms with Crippen LogP contribution in [0.15, 0.2) is 41.0 Å². The highest BCUT2D eigenvalue weighted by Gasteiger charge is 2.15. The van der Waals surface area contributed by atoms with Gasteiger partial charge in [-0.25, -0.2) is 0 Å². The Labute approximate surface area is 198 Å². The molecule has 1 aliphatic carbocycles. The van der Waals surface area contributed by atoms with Gasteiger partial charge in [0.05, 0.1) is 16.8 Å². The van der Waals surface area contributed by atoms with E-state index in [1.54, 1.807) is 0 Å². The molecule has 0 amide bonds. The number of rotatable bonds is 13. The van der Waals surface area contributed by atoms with Crippen molar-refractivity contribution < 1.29 is 4.74 Å². The van der Waals surface area contributed by atoms with Crippen LogP contribution in [0, 0.1) is 12.3 Å². The van der Waals surface area contributed by atoms with E-state index < -0.39 is 0 Å². The van der Waals surface area contributed by atoms with Gasteiger partial charge in [0.1, 0.15) is 5.75 Å². The van der Waals surface area contributed by atoms with E-state index >= 15 is 0 Å². The predicted octanol–water partition coefficient (Wildman–Crippen LogP) is 8.97.